The predicted octanol–water partition coefficient (Wildman–Crippen LogP) is 5.24. The second-order valence-electron chi connectivity index (χ2n) is 11.3. The first-order chi connectivity index (χ1) is 21.7. The zero-order chi connectivity index (χ0) is 31.7. The number of anilines is 3. The van der Waals surface area contributed by atoms with Gasteiger partial charge in [-0.15, -0.1) is 0 Å². The minimum atomic E-state index is -0.666. The number of carbonyl (C=O) groups excluding carboxylic acids is 1. The van der Waals surface area contributed by atoms with Crippen LogP contribution in [0.1, 0.15) is 41.6 Å². The Morgan fingerprint density at radius 2 is 1.71 bits per heavy atom. The Bertz CT molecular complexity index is 1840. The number of fused-ring (bicyclic) bond motifs is 1. The highest BCUT2D eigenvalue weighted by atomic mass is 19.1. The molecule has 45 heavy (non-hydrogen) atoms. The average Bonchev–Trinajstić information content (AvgIpc) is 3.39. The zero-order valence-electron chi connectivity index (χ0n) is 25.1. The molecular formula is C32H33F2N9O2. The van der Waals surface area contributed by atoms with E-state index in [4.69, 9.17) is 5.21 Å². The lowest BCUT2D eigenvalue weighted by molar-refractivity contribution is 0.0706. The van der Waals surface area contributed by atoms with Gasteiger partial charge in [0.2, 0.25) is 5.95 Å². The van der Waals surface area contributed by atoms with Crippen LogP contribution in [0.5, 0.6) is 0 Å². The van der Waals surface area contributed by atoms with Crippen molar-refractivity contribution in [1.29, 1.82) is 0 Å². The van der Waals surface area contributed by atoms with Crippen molar-refractivity contribution >= 4 is 34.4 Å². The molecule has 6 rings (SSSR count). The molecule has 3 N–H and O–H groups in total. The maximum Gasteiger partial charge on any atom is 0.274 e. The lowest BCUT2D eigenvalue weighted by Crippen LogP contribution is -2.46. The van der Waals surface area contributed by atoms with Crippen LogP contribution < -0.4 is 15.7 Å². The van der Waals surface area contributed by atoms with Crippen LogP contribution in [0.25, 0.3) is 22.3 Å². The number of aryl methyl sites for hydroxylation is 1. The minimum absolute atomic E-state index is 0.0245. The summed E-state index contributed by atoms with van der Waals surface area (Å²) >= 11 is 0. The largest absolute Gasteiger partial charge is 0.368 e. The number of aromatic nitrogens is 5. The van der Waals surface area contributed by atoms with Crippen molar-refractivity contribution in [2.75, 3.05) is 36.4 Å². The van der Waals surface area contributed by atoms with Crippen molar-refractivity contribution in [3.63, 3.8) is 0 Å². The zero-order valence-corrected chi connectivity index (χ0v) is 25.1. The van der Waals surface area contributed by atoms with Crippen LogP contribution in [-0.4, -0.2) is 66.7 Å². The van der Waals surface area contributed by atoms with Crippen LogP contribution in [0.4, 0.5) is 26.2 Å². The number of piperazine rings is 1. The number of benzene rings is 2. The van der Waals surface area contributed by atoms with E-state index in [1.165, 1.54) is 6.07 Å². The summed E-state index contributed by atoms with van der Waals surface area (Å²) in [7, 11) is 0. The first kappa shape index (κ1) is 30.0. The topological polar surface area (TPSA) is 124 Å². The summed E-state index contributed by atoms with van der Waals surface area (Å²) in [5, 5.41) is 11.8. The number of amides is 1. The lowest BCUT2D eigenvalue weighted by atomic mass is 10.1. The van der Waals surface area contributed by atoms with Gasteiger partial charge in [0.15, 0.2) is 11.6 Å². The third-order valence-corrected chi connectivity index (χ3v) is 7.91. The number of hydrogen-bond acceptors (Lipinski definition) is 9. The molecular weight excluding hydrogens is 580 g/mol. The molecule has 0 radical (unpaired) electrons. The molecule has 1 aliphatic heterocycles. The predicted molar refractivity (Wildman–Crippen MR) is 167 cm³/mol. The number of nitrogens with one attached hydrogen (secondary N) is 2. The van der Waals surface area contributed by atoms with Crippen molar-refractivity contribution in [3.05, 3.63) is 89.5 Å². The Hall–Kier alpha value is -5.01. The van der Waals surface area contributed by atoms with Crippen LogP contribution in [0.2, 0.25) is 0 Å². The minimum Gasteiger partial charge on any atom is -0.368 e. The van der Waals surface area contributed by atoms with Crippen LogP contribution in [0, 0.1) is 18.6 Å². The van der Waals surface area contributed by atoms with Gasteiger partial charge in [0, 0.05) is 49.9 Å². The van der Waals surface area contributed by atoms with Gasteiger partial charge in [-0.3, -0.25) is 14.9 Å². The van der Waals surface area contributed by atoms with Gasteiger partial charge >= 0.3 is 0 Å². The Balaban J connectivity index is 1.10. The number of halogens is 2. The van der Waals surface area contributed by atoms with E-state index in [0.717, 1.165) is 50.2 Å². The third kappa shape index (κ3) is 6.30. The molecule has 0 bridgehead atoms. The molecule has 13 heteroatoms. The molecule has 11 nitrogen and oxygen atoms in total. The van der Waals surface area contributed by atoms with Gasteiger partial charge in [0.05, 0.1) is 23.6 Å². The molecule has 0 saturated carbocycles. The van der Waals surface area contributed by atoms with E-state index in [1.54, 1.807) is 29.9 Å². The normalized spacial score (nSPS) is 13.9. The van der Waals surface area contributed by atoms with Crippen molar-refractivity contribution in [2.45, 2.75) is 33.4 Å². The summed E-state index contributed by atoms with van der Waals surface area (Å²) < 4.78 is 31.9. The van der Waals surface area contributed by atoms with Gasteiger partial charge in [-0.2, -0.15) is 0 Å². The van der Waals surface area contributed by atoms with Gasteiger partial charge in [0.1, 0.15) is 22.9 Å². The van der Waals surface area contributed by atoms with E-state index < -0.39 is 17.5 Å². The quantitative estimate of drug-likeness (QED) is 0.159. The van der Waals surface area contributed by atoms with E-state index in [-0.39, 0.29) is 23.2 Å². The van der Waals surface area contributed by atoms with Crippen molar-refractivity contribution in [2.24, 2.45) is 0 Å². The van der Waals surface area contributed by atoms with E-state index in [2.05, 4.69) is 35.1 Å². The second kappa shape index (κ2) is 12.5. The number of hydrogen-bond donors (Lipinski definition) is 3. The Kier molecular flexibility index (Phi) is 8.37. The molecule has 232 valence electrons. The number of carbonyl (C=O) groups is 1. The van der Waals surface area contributed by atoms with Crippen molar-refractivity contribution < 1.29 is 18.8 Å². The highest BCUT2D eigenvalue weighted by Gasteiger charge is 2.20. The molecule has 1 aliphatic rings. The van der Waals surface area contributed by atoms with E-state index in [1.807, 2.05) is 49.6 Å². The molecule has 4 heterocycles. The summed E-state index contributed by atoms with van der Waals surface area (Å²) in [6.45, 7) is 9.89. The smallest absolute Gasteiger partial charge is 0.274 e. The van der Waals surface area contributed by atoms with Gasteiger partial charge in [-0.05, 0) is 62.7 Å². The fraction of sp³-hybridized carbons (Fsp3) is 0.281. The second-order valence-corrected chi connectivity index (χ2v) is 11.3. The lowest BCUT2D eigenvalue weighted by Gasteiger charge is -2.36. The number of hydroxylamine groups is 1. The van der Waals surface area contributed by atoms with Gasteiger partial charge < -0.3 is 14.8 Å². The SMILES string of the molecule is Cc1nc2c(F)cc(-c3nc(Nc4ccc(N5CCN(Cc6ccc(C(=O)NO)cc6)CC5)cn4)ncc3F)cc2n1C(C)C. The molecule has 0 spiro atoms. The molecule has 5 aromatic rings. The van der Waals surface area contributed by atoms with Gasteiger partial charge in [0.25, 0.3) is 5.91 Å². The summed E-state index contributed by atoms with van der Waals surface area (Å²) in [6.07, 6.45) is 2.83. The Morgan fingerprint density at radius 1 is 0.956 bits per heavy atom. The summed E-state index contributed by atoms with van der Waals surface area (Å²) in [6, 6.07) is 13.9. The third-order valence-electron chi connectivity index (χ3n) is 7.91. The molecule has 1 fully saturated rings. The highest BCUT2D eigenvalue weighted by molar-refractivity contribution is 5.93. The molecule has 0 atom stereocenters. The number of rotatable bonds is 8. The fourth-order valence-electron chi connectivity index (χ4n) is 5.70. The fourth-order valence-corrected chi connectivity index (χ4v) is 5.70. The van der Waals surface area contributed by atoms with Crippen LogP contribution >= 0.6 is 0 Å². The van der Waals surface area contributed by atoms with Gasteiger partial charge in [-0.1, -0.05) is 12.1 Å². The summed E-state index contributed by atoms with van der Waals surface area (Å²) in [4.78, 5) is 33.4. The standard InChI is InChI=1S/C32H33F2N9O2/c1-19(2)43-20(3)37-30-25(33)14-23(15-27(30)43)29-26(34)17-36-32(39-29)38-28-9-8-24(16-35-28)42-12-10-41(11-13-42)18-21-4-6-22(7-5-21)31(44)40-45/h4-9,14-17,19,45H,10-13,18H2,1-3H3,(H,40,44)(H,35,36,38,39). The molecule has 1 saturated heterocycles. The maximum atomic E-state index is 15.0. The van der Waals surface area contributed by atoms with Crippen molar-refractivity contribution in [3.8, 4) is 11.3 Å². The van der Waals surface area contributed by atoms with E-state index in [9.17, 15) is 9.18 Å². The monoisotopic (exact) mass is 613 g/mol. The number of imidazole rings is 1. The number of pyridine rings is 1. The molecule has 3 aromatic heterocycles. The van der Waals surface area contributed by atoms with Gasteiger partial charge in [-0.25, -0.2) is 34.2 Å². The first-order valence-corrected chi connectivity index (χ1v) is 14.6. The van der Waals surface area contributed by atoms with Crippen LogP contribution in [0.15, 0.2) is 60.9 Å². The maximum absolute atomic E-state index is 15.0. The molecule has 1 amide bonds. The summed E-state index contributed by atoms with van der Waals surface area (Å²) in [5.74, 6) is -0.436. The Labute approximate surface area is 258 Å². The number of nitrogens with zero attached hydrogens (tertiary/aromatic N) is 7. The Morgan fingerprint density at radius 3 is 2.38 bits per heavy atom. The van der Waals surface area contributed by atoms with E-state index in [0.29, 0.717) is 28.3 Å². The summed E-state index contributed by atoms with van der Waals surface area (Å²) in [5.41, 5.74) is 5.19. The van der Waals surface area contributed by atoms with Crippen LogP contribution in [-0.2, 0) is 6.54 Å². The molecule has 2 aromatic carbocycles. The first-order valence-electron chi connectivity index (χ1n) is 14.6. The highest BCUT2D eigenvalue weighted by Crippen LogP contribution is 2.30. The average molecular weight is 614 g/mol. The van der Waals surface area contributed by atoms with E-state index >= 15 is 4.39 Å². The van der Waals surface area contributed by atoms with Crippen molar-refractivity contribution in [1.82, 2.24) is 34.9 Å². The molecule has 0 unspecified atom stereocenters. The molecule has 0 aliphatic carbocycles. The van der Waals surface area contributed by atoms with Crippen LogP contribution in [0.3, 0.4) is 0 Å².